The maximum absolute atomic E-state index is 10.6. The molecule has 1 fully saturated rings. The smallest absolute Gasteiger partial charge is 0.133 e. The summed E-state index contributed by atoms with van der Waals surface area (Å²) in [5, 5.41) is 10.6. The van der Waals surface area contributed by atoms with E-state index in [1.807, 2.05) is 24.4 Å². The van der Waals surface area contributed by atoms with Gasteiger partial charge in [0.1, 0.15) is 17.6 Å². The molecule has 4 unspecified atom stereocenters. The van der Waals surface area contributed by atoms with Gasteiger partial charge in [0.05, 0.1) is 0 Å². The van der Waals surface area contributed by atoms with Crippen LogP contribution in [0.2, 0.25) is 0 Å². The molecule has 104 valence electrons. The monoisotopic (exact) mass is 269 g/mol. The second-order valence-corrected chi connectivity index (χ2v) is 6.20. The van der Waals surface area contributed by atoms with Crippen molar-refractivity contribution in [3.8, 4) is 0 Å². The zero-order valence-corrected chi connectivity index (χ0v) is 11.6. The predicted octanol–water partition coefficient (Wildman–Crippen LogP) is 3.56. The van der Waals surface area contributed by atoms with E-state index in [1.54, 1.807) is 0 Å². The van der Waals surface area contributed by atoms with Gasteiger partial charge in [-0.1, -0.05) is 13.0 Å². The minimum absolute atomic E-state index is 0.0711. The van der Waals surface area contributed by atoms with E-state index in [4.69, 9.17) is 4.42 Å². The first-order valence-corrected chi connectivity index (χ1v) is 7.45. The van der Waals surface area contributed by atoms with E-state index < -0.39 is 6.10 Å². The van der Waals surface area contributed by atoms with Gasteiger partial charge >= 0.3 is 0 Å². The lowest BCUT2D eigenvalue weighted by atomic mass is 9.98. The minimum Gasteiger partial charge on any atom is -0.463 e. The highest BCUT2D eigenvalue weighted by Crippen LogP contribution is 2.48. The van der Waals surface area contributed by atoms with Crippen molar-refractivity contribution in [3.63, 3.8) is 0 Å². The fourth-order valence-electron chi connectivity index (χ4n) is 3.39. The molecule has 0 saturated heterocycles. The van der Waals surface area contributed by atoms with Crippen LogP contribution in [0, 0.1) is 5.92 Å². The Morgan fingerprint density at radius 3 is 3.00 bits per heavy atom. The molecule has 0 bridgehead atoms. The Morgan fingerprint density at radius 2 is 2.20 bits per heavy atom. The van der Waals surface area contributed by atoms with Crippen LogP contribution in [0.3, 0.4) is 0 Å². The Kier molecular flexibility index (Phi) is 2.71. The lowest BCUT2D eigenvalue weighted by Crippen LogP contribution is -2.08. The summed E-state index contributed by atoms with van der Waals surface area (Å²) >= 11 is 0. The molecule has 1 N–H and O–H groups in total. The number of furan rings is 1. The molecule has 0 aliphatic heterocycles. The Morgan fingerprint density at radius 1 is 1.35 bits per heavy atom. The van der Waals surface area contributed by atoms with E-state index in [9.17, 15) is 5.11 Å². The molecule has 1 saturated carbocycles. The van der Waals surface area contributed by atoms with Crippen LogP contribution in [-0.2, 0) is 6.42 Å². The van der Waals surface area contributed by atoms with Crippen LogP contribution >= 0.6 is 0 Å². The van der Waals surface area contributed by atoms with Gasteiger partial charge in [0.2, 0.25) is 0 Å². The molecule has 0 radical (unpaired) electrons. The van der Waals surface area contributed by atoms with Gasteiger partial charge in [0.25, 0.3) is 0 Å². The highest BCUT2D eigenvalue weighted by molar-refractivity contribution is 5.31. The van der Waals surface area contributed by atoms with Gasteiger partial charge in [-0.2, -0.15) is 0 Å². The van der Waals surface area contributed by atoms with E-state index >= 15 is 0 Å². The molecule has 3 heteroatoms. The van der Waals surface area contributed by atoms with Crippen molar-refractivity contribution >= 4 is 0 Å². The normalized spacial score (nSPS) is 29.2. The number of nitrogens with zero attached hydrogens (tertiary/aromatic N) is 1. The Hall–Kier alpha value is -1.61. The largest absolute Gasteiger partial charge is 0.463 e. The van der Waals surface area contributed by atoms with Gasteiger partial charge < -0.3 is 9.52 Å². The topological polar surface area (TPSA) is 46.3 Å². The van der Waals surface area contributed by atoms with Gasteiger partial charge in [-0.05, 0) is 48.9 Å². The first kappa shape index (κ1) is 12.2. The summed E-state index contributed by atoms with van der Waals surface area (Å²) in [6.07, 6.45) is 4.38. The van der Waals surface area contributed by atoms with Crippen molar-refractivity contribution in [2.75, 3.05) is 0 Å². The number of aliphatic hydroxyl groups is 1. The quantitative estimate of drug-likeness (QED) is 0.926. The first-order chi connectivity index (χ1) is 9.74. The van der Waals surface area contributed by atoms with Crippen molar-refractivity contribution < 1.29 is 9.52 Å². The third-order valence-corrected chi connectivity index (χ3v) is 4.80. The predicted molar refractivity (Wildman–Crippen MR) is 75.5 cm³/mol. The molecule has 4 rings (SSSR count). The maximum Gasteiger partial charge on any atom is 0.133 e. The molecule has 2 aromatic heterocycles. The highest BCUT2D eigenvalue weighted by atomic mass is 16.4. The van der Waals surface area contributed by atoms with Gasteiger partial charge in [-0.3, -0.25) is 4.98 Å². The highest BCUT2D eigenvalue weighted by Gasteiger charge is 2.38. The average Bonchev–Trinajstić information content (AvgIpc) is 2.94. The summed E-state index contributed by atoms with van der Waals surface area (Å²) < 4.78 is 5.89. The Labute approximate surface area is 118 Å². The molecule has 2 aromatic rings. The fraction of sp³-hybridized carbons (Fsp3) is 0.471. The number of hydrogen-bond acceptors (Lipinski definition) is 3. The number of aliphatic hydroxyl groups excluding tert-OH is 1. The summed E-state index contributed by atoms with van der Waals surface area (Å²) in [5.41, 5.74) is 2.30. The van der Waals surface area contributed by atoms with Crippen LogP contribution in [0.4, 0.5) is 0 Å². The molecular formula is C17H19NO2. The van der Waals surface area contributed by atoms with Crippen LogP contribution < -0.4 is 0 Å². The molecular weight excluding hydrogens is 250 g/mol. The molecule has 2 heterocycles. The SMILES string of the molecule is CC1CC1c1ccc(C(O)C2CCc3cccnc32)o1. The van der Waals surface area contributed by atoms with Crippen LogP contribution in [0.5, 0.6) is 0 Å². The third-order valence-electron chi connectivity index (χ3n) is 4.80. The molecule has 3 nitrogen and oxygen atoms in total. The van der Waals surface area contributed by atoms with Crippen molar-refractivity contribution in [1.82, 2.24) is 4.98 Å². The molecule has 0 amide bonds. The van der Waals surface area contributed by atoms with Crippen molar-refractivity contribution in [2.24, 2.45) is 5.92 Å². The minimum atomic E-state index is -0.575. The zero-order chi connectivity index (χ0) is 13.7. The summed E-state index contributed by atoms with van der Waals surface area (Å²) in [4.78, 5) is 4.45. The Bertz CT molecular complexity index is 633. The third kappa shape index (κ3) is 1.88. The average molecular weight is 269 g/mol. The van der Waals surface area contributed by atoms with Crippen molar-refractivity contribution in [1.29, 1.82) is 0 Å². The molecule has 0 aromatic carbocycles. The van der Waals surface area contributed by atoms with Gasteiger partial charge in [-0.15, -0.1) is 0 Å². The fourth-order valence-corrected chi connectivity index (χ4v) is 3.39. The van der Waals surface area contributed by atoms with Gasteiger partial charge in [-0.25, -0.2) is 0 Å². The zero-order valence-electron chi connectivity index (χ0n) is 11.6. The summed E-state index contributed by atoms with van der Waals surface area (Å²) in [5.74, 6) is 3.08. The van der Waals surface area contributed by atoms with E-state index in [2.05, 4.69) is 18.0 Å². The number of aromatic nitrogens is 1. The number of fused-ring (bicyclic) bond motifs is 1. The second kappa shape index (κ2) is 4.45. The lowest BCUT2D eigenvalue weighted by molar-refractivity contribution is 0.116. The maximum atomic E-state index is 10.6. The van der Waals surface area contributed by atoms with Gasteiger partial charge in [0, 0.05) is 23.7 Å². The van der Waals surface area contributed by atoms with Gasteiger partial charge in [0.15, 0.2) is 0 Å². The van der Waals surface area contributed by atoms with Crippen LogP contribution in [0.15, 0.2) is 34.9 Å². The standard InChI is InChI=1S/C17H19NO2/c1-10-9-13(10)14-6-7-15(20-14)17(19)12-5-4-11-3-2-8-18-16(11)12/h2-3,6-8,10,12-13,17,19H,4-5,9H2,1H3. The molecule has 2 aliphatic carbocycles. The summed E-state index contributed by atoms with van der Waals surface area (Å²) in [6, 6.07) is 8.04. The van der Waals surface area contributed by atoms with Crippen molar-refractivity contribution in [3.05, 3.63) is 53.2 Å². The summed E-state index contributed by atoms with van der Waals surface area (Å²) in [7, 11) is 0. The number of aryl methyl sites for hydroxylation is 1. The second-order valence-electron chi connectivity index (χ2n) is 6.20. The number of pyridine rings is 1. The molecule has 4 atom stereocenters. The van der Waals surface area contributed by atoms with Crippen LogP contribution in [0.25, 0.3) is 0 Å². The summed E-state index contributed by atoms with van der Waals surface area (Å²) in [6.45, 7) is 2.24. The van der Waals surface area contributed by atoms with Crippen LogP contribution in [0.1, 0.15) is 60.5 Å². The number of rotatable bonds is 3. The van der Waals surface area contributed by atoms with E-state index in [0.29, 0.717) is 11.7 Å². The lowest BCUT2D eigenvalue weighted by Gasteiger charge is -2.16. The van der Waals surface area contributed by atoms with Crippen LogP contribution in [-0.4, -0.2) is 10.1 Å². The molecule has 0 spiro atoms. The first-order valence-electron chi connectivity index (χ1n) is 7.45. The number of hydrogen-bond donors (Lipinski definition) is 1. The van der Waals surface area contributed by atoms with E-state index in [0.717, 1.165) is 30.2 Å². The Balaban J connectivity index is 1.58. The molecule has 20 heavy (non-hydrogen) atoms. The van der Waals surface area contributed by atoms with E-state index in [1.165, 1.54) is 12.0 Å². The van der Waals surface area contributed by atoms with Crippen molar-refractivity contribution in [2.45, 2.75) is 44.1 Å². The molecule has 2 aliphatic rings. The van der Waals surface area contributed by atoms with E-state index in [-0.39, 0.29) is 5.92 Å².